The number of piperazine rings is 1. The fourth-order valence-corrected chi connectivity index (χ4v) is 4.60. The number of nitrogens with one attached hydrogen (secondary N) is 1. The highest BCUT2D eigenvalue weighted by molar-refractivity contribution is 5.94. The van der Waals surface area contributed by atoms with Gasteiger partial charge in [0, 0.05) is 50.3 Å². The summed E-state index contributed by atoms with van der Waals surface area (Å²) in [6.45, 7) is 8.66. The summed E-state index contributed by atoms with van der Waals surface area (Å²) in [6.07, 6.45) is 2.61. The van der Waals surface area contributed by atoms with Crippen molar-refractivity contribution in [3.63, 3.8) is 0 Å². The van der Waals surface area contributed by atoms with Crippen molar-refractivity contribution < 1.29 is 4.79 Å². The van der Waals surface area contributed by atoms with Crippen LogP contribution in [-0.2, 0) is 13.0 Å². The minimum atomic E-state index is -0.0909. The molecule has 0 aliphatic carbocycles. The van der Waals surface area contributed by atoms with Gasteiger partial charge in [-0.05, 0) is 55.3 Å². The minimum Gasteiger partial charge on any atom is -0.368 e. The Bertz CT molecular complexity index is 1270. The van der Waals surface area contributed by atoms with Gasteiger partial charge in [0.1, 0.15) is 11.3 Å². The van der Waals surface area contributed by atoms with Gasteiger partial charge in [-0.25, -0.2) is 4.98 Å². The largest absolute Gasteiger partial charge is 0.368 e. The SMILES string of the molecule is CCc1nc2ccccn2c1C(=O)NCc1ccc(N2CCN(c3ccc(C)cc3)CC2)cc1. The van der Waals surface area contributed by atoms with Crippen molar-refractivity contribution >= 4 is 22.9 Å². The van der Waals surface area contributed by atoms with Crippen LogP contribution in [0.4, 0.5) is 11.4 Å². The summed E-state index contributed by atoms with van der Waals surface area (Å²) in [6, 6.07) is 23.1. The number of hydrogen-bond acceptors (Lipinski definition) is 4. The van der Waals surface area contributed by atoms with Crippen molar-refractivity contribution in [2.75, 3.05) is 36.0 Å². The molecule has 0 unspecified atom stereocenters. The molecule has 1 aliphatic heterocycles. The van der Waals surface area contributed by atoms with E-state index < -0.39 is 0 Å². The molecule has 6 nitrogen and oxygen atoms in total. The molecule has 2 aromatic heterocycles. The third-order valence-corrected chi connectivity index (χ3v) is 6.59. The molecule has 0 saturated carbocycles. The van der Waals surface area contributed by atoms with Gasteiger partial charge in [0.05, 0.1) is 5.69 Å². The molecule has 1 saturated heterocycles. The molecule has 0 spiro atoms. The standard InChI is InChI=1S/C28H31N5O/c1-3-25-27(33-15-5-4-6-26(33)30-25)28(34)29-20-22-9-13-24(14-10-22)32-18-16-31(17-19-32)23-11-7-21(2)8-12-23/h4-15H,3,16-20H2,1-2H3,(H,29,34). The second kappa shape index (κ2) is 9.59. The molecular formula is C28H31N5O. The van der Waals surface area contributed by atoms with Crippen LogP contribution in [0.25, 0.3) is 5.65 Å². The quantitative estimate of drug-likeness (QED) is 0.468. The summed E-state index contributed by atoms with van der Waals surface area (Å²) in [7, 11) is 0. The number of imidazole rings is 1. The number of fused-ring (bicyclic) bond motifs is 1. The number of aromatic nitrogens is 2. The number of carbonyl (C=O) groups excluding carboxylic acids is 1. The third kappa shape index (κ3) is 4.49. The first-order valence-electron chi connectivity index (χ1n) is 12.0. The number of benzene rings is 2. The smallest absolute Gasteiger partial charge is 0.270 e. The molecule has 4 aromatic rings. The maximum atomic E-state index is 13.0. The lowest BCUT2D eigenvalue weighted by atomic mass is 10.1. The zero-order valence-corrected chi connectivity index (χ0v) is 19.9. The molecule has 174 valence electrons. The maximum absolute atomic E-state index is 13.0. The lowest BCUT2D eigenvalue weighted by Crippen LogP contribution is -2.46. The molecule has 1 fully saturated rings. The number of rotatable bonds is 6. The van der Waals surface area contributed by atoms with Crippen molar-refractivity contribution in [2.45, 2.75) is 26.8 Å². The molecular weight excluding hydrogens is 422 g/mol. The highest BCUT2D eigenvalue weighted by Gasteiger charge is 2.19. The number of pyridine rings is 1. The molecule has 5 rings (SSSR count). The molecule has 1 amide bonds. The van der Waals surface area contributed by atoms with E-state index in [1.54, 1.807) is 0 Å². The summed E-state index contributed by atoms with van der Waals surface area (Å²) < 4.78 is 1.87. The van der Waals surface area contributed by atoms with Crippen LogP contribution in [0.3, 0.4) is 0 Å². The van der Waals surface area contributed by atoms with E-state index in [2.05, 4.69) is 75.6 Å². The lowest BCUT2D eigenvalue weighted by molar-refractivity contribution is 0.0944. The normalized spacial score (nSPS) is 13.9. The van der Waals surface area contributed by atoms with Crippen molar-refractivity contribution in [1.82, 2.24) is 14.7 Å². The Morgan fingerprint density at radius 2 is 1.50 bits per heavy atom. The predicted octanol–water partition coefficient (Wildman–Crippen LogP) is 4.46. The van der Waals surface area contributed by atoms with Gasteiger partial charge >= 0.3 is 0 Å². The summed E-state index contributed by atoms with van der Waals surface area (Å²) in [5.41, 5.74) is 7.16. The molecule has 1 aliphatic rings. The van der Waals surface area contributed by atoms with E-state index in [0.29, 0.717) is 12.2 Å². The second-order valence-corrected chi connectivity index (χ2v) is 8.85. The molecule has 2 aromatic carbocycles. The molecule has 0 bridgehead atoms. The fraction of sp³-hybridized carbons (Fsp3) is 0.286. The average molecular weight is 454 g/mol. The number of nitrogens with zero attached hydrogens (tertiary/aromatic N) is 4. The van der Waals surface area contributed by atoms with Crippen molar-refractivity contribution in [3.05, 3.63) is 95.4 Å². The van der Waals surface area contributed by atoms with E-state index in [4.69, 9.17) is 0 Å². The Morgan fingerprint density at radius 3 is 2.12 bits per heavy atom. The van der Waals surface area contributed by atoms with Crippen molar-refractivity contribution in [2.24, 2.45) is 0 Å². The first-order chi connectivity index (χ1) is 16.6. The third-order valence-electron chi connectivity index (χ3n) is 6.59. The fourth-order valence-electron chi connectivity index (χ4n) is 4.60. The van der Waals surface area contributed by atoms with Crippen LogP contribution in [0.2, 0.25) is 0 Å². The monoisotopic (exact) mass is 453 g/mol. The van der Waals surface area contributed by atoms with Crippen LogP contribution in [0, 0.1) is 6.92 Å². The first kappa shape index (κ1) is 22.0. The summed E-state index contributed by atoms with van der Waals surface area (Å²) in [4.78, 5) is 22.4. The van der Waals surface area contributed by atoms with Crippen molar-refractivity contribution in [3.8, 4) is 0 Å². The Balaban J connectivity index is 1.19. The van der Waals surface area contributed by atoms with Gasteiger partial charge in [0.25, 0.3) is 5.91 Å². The Hall–Kier alpha value is -3.80. The van der Waals surface area contributed by atoms with E-state index in [1.807, 2.05) is 35.7 Å². The molecule has 1 N–H and O–H groups in total. The Labute approximate surface area is 200 Å². The highest BCUT2D eigenvalue weighted by Crippen LogP contribution is 2.21. The number of anilines is 2. The van der Waals surface area contributed by atoms with Crippen LogP contribution in [0.5, 0.6) is 0 Å². The van der Waals surface area contributed by atoms with Gasteiger partial charge in [-0.1, -0.05) is 42.8 Å². The number of hydrogen-bond donors (Lipinski definition) is 1. The molecule has 3 heterocycles. The molecule has 6 heteroatoms. The zero-order valence-electron chi connectivity index (χ0n) is 19.9. The molecule has 34 heavy (non-hydrogen) atoms. The Morgan fingerprint density at radius 1 is 0.882 bits per heavy atom. The minimum absolute atomic E-state index is 0.0909. The lowest BCUT2D eigenvalue weighted by Gasteiger charge is -2.37. The molecule has 0 radical (unpaired) electrons. The van der Waals surface area contributed by atoms with Crippen LogP contribution in [-0.4, -0.2) is 41.5 Å². The number of aryl methyl sites for hydroxylation is 2. The van der Waals surface area contributed by atoms with Crippen LogP contribution >= 0.6 is 0 Å². The van der Waals surface area contributed by atoms with Crippen molar-refractivity contribution in [1.29, 1.82) is 0 Å². The number of amides is 1. The van der Waals surface area contributed by atoms with E-state index in [9.17, 15) is 4.79 Å². The van der Waals surface area contributed by atoms with Crippen LogP contribution in [0.1, 0.15) is 34.2 Å². The van der Waals surface area contributed by atoms with Crippen LogP contribution in [0.15, 0.2) is 72.9 Å². The topological polar surface area (TPSA) is 52.9 Å². The maximum Gasteiger partial charge on any atom is 0.270 e. The van der Waals surface area contributed by atoms with E-state index in [0.717, 1.165) is 49.5 Å². The summed E-state index contributed by atoms with van der Waals surface area (Å²) in [5, 5.41) is 3.08. The van der Waals surface area contributed by atoms with E-state index in [1.165, 1.54) is 16.9 Å². The van der Waals surface area contributed by atoms with Crippen LogP contribution < -0.4 is 15.1 Å². The van der Waals surface area contributed by atoms with Gasteiger partial charge in [-0.3, -0.25) is 9.20 Å². The summed E-state index contributed by atoms with van der Waals surface area (Å²) >= 11 is 0. The van der Waals surface area contributed by atoms with Gasteiger partial charge < -0.3 is 15.1 Å². The van der Waals surface area contributed by atoms with Gasteiger partial charge in [0.2, 0.25) is 0 Å². The van der Waals surface area contributed by atoms with Gasteiger partial charge in [0.15, 0.2) is 0 Å². The van der Waals surface area contributed by atoms with Gasteiger partial charge in [-0.2, -0.15) is 0 Å². The zero-order chi connectivity index (χ0) is 23.5. The molecule has 0 atom stereocenters. The number of carbonyl (C=O) groups is 1. The highest BCUT2D eigenvalue weighted by atomic mass is 16.1. The van der Waals surface area contributed by atoms with Gasteiger partial charge in [-0.15, -0.1) is 0 Å². The predicted molar refractivity (Wildman–Crippen MR) is 138 cm³/mol. The average Bonchev–Trinajstić information content (AvgIpc) is 3.27. The first-order valence-corrected chi connectivity index (χ1v) is 12.0. The second-order valence-electron chi connectivity index (χ2n) is 8.85. The van der Waals surface area contributed by atoms with E-state index >= 15 is 0 Å². The Kier molecular flexibility index (Phi) is 6.21. The summed E-state index contributed by atoms with van der Waals surface area (Å²) in [5.74, 6) is -0.0909. The van der Waals surface area contributed by atoms with E-state index in [-0.39, 0.29) is 5.91 Å².